The lowest BCUT2D eigenvalue weighted by Gasteiger charge is -2.24. The van der Waals surface area contributed by atoms with Gasteiger partial charge >= 0.3 is 0 Å². The van der Waals surface area contributed by atoms with Gasteiger partial charge in [0.25, 0.3) is 5.91 Å². The molecular weight excluding hydrogens is 202 g/mol. The van der Waals surface area contributed by atoms with Gasteiger partial charge in [0.2, 0.25) is 0 Å². The second-order valence-corrected chi connectivity index (χ2v) is 4.37. The largest absolute Gasteiger partial charge is 0.387 e. The van der Waals surface area contributed by atoms with Gasteiger partial charge in [-0.3, -0.25) is 4.79 Å². The number of nitrogens with one attached hydrogen (secondary N) is 2. The summed E-state index contributed by atoms with van der Waals surface area (Å²) in [6, 6.07) is 3.55. The van der Waals surface area contributed by atoms with E-state index in [1.54, 1.807) is 12.3 Å². The summed E-state index contributed by atoms with van der Waals surface area (Å²) in [5.74, 6) is -0.130. The monoisotopic (exact) mass is 221 g/mol. The number of hydrogen-bond donors (Lipinski definition) is 2. The van der Waals surface area contributed by atoms with E-state index in [0.717, 1.165) is 12.1 Å². The Bertz CT molecular complexity index is 357. The Morgan fingerprint density at radius 2 is 2.12 bits per heavy atom. The first kappa shape index (κ1) is 12.5. The minimum atomic E-state index is -0.194. The van der Waals surface area contributed by atoms with Crippen LogP contribution < -0.4 is 10.6 Å². The highest BCUT2D eigenvalue weighted by Gasteiger charge is 2.19. The zero-order valence-corrected chi connectivity index (χ0v) is 10.3. The molecule has 1 amide bonds. The number of pyridine rings is 1. The highest BCUT2D eigenvalue weighted by atomic mass is 16.2. The molecule has 4 heteroatoms. The van der Waals surface area contributed by atoms with Crippen LogP contribution in [0.15, 0.2) is 18.3 Å². The molecule has 1 rings (SSSR count). The Kier molecular flexibility index (Phi) is 3.88. The summed E-state index contributed by atoms with van der Waals surface area (Å²) in [6.45, 7) is 6.03. The van der Waals surface area contributed by atoms with Gasteiger partial charge in [-0.2, -0.15) is 0 Å². The number of amides is 1. The molecule has 0 saturated heterocycles. The zero-order valence-electron chi connectivity index (χ0n) is 10.3. The van der Waals surface area contributed by atoms with E-state index in [4.69, 9.17) is 0 Å². The number of aromatic nitrogens is 1. The summed E-state index contributed by atoms with van der Waals surface area (Å²) in [7, 11) is 1.82. The van der Waals surface area contributed by atoms with Crippen LogP contribution in [0, 0.1) is 0 Å². The molecule has 0 unspecified atom stereocenters. The molecule has 0 fully saturated rings. The fraction of sp³-hybridized carbons (Fsp3) is 0.500. The number of hydrogen-bond acceptors (Lipinski definition) is 3. The van der Waals surface area contributed by atoms with Crippen molar-refractivity contribution in [1.82, 2.24) is 10.3 Å². The van der Waals surface area contributed by atoms with Gasteiger partial charge in [0.05, 0.1) is 11.9 Å². The SMILES string of the molecule is CCC(C)(C)NC(=O)c1ccc(NC)cn1. The van der Waals surface area contributed by atoms with Gasteiger partial charge in [-0.15, -0.1) is 0 Å². The number of nitrogens with zero attached hydrogens (tertiary/aromatic N) is 1. The van der Waals surface area contributed by atoms with Crippen LogP contribution in [0.4, 0.5) is 5.69 Å². The fourth-order valence-corrected chi connectivity index (χ4v) is 1.14. The summed E-state index contributed by atoms with van der Waals surface area (Å²) in [6.07, 6.45) is 2.53. The maximum atomic E-state index is 11.8. The molecule has 0 spiro atoms. The van der Waals surface area contributed by atoms with E-state index >= 15 is 0 Å². The van der Waals surface area contributed by atoms with Crippen molar-refractivity contribution in [2.45, 2.75) is 32.7 Å². The number of rotatable bonds is 4. The van der Waals surface area contributed by atoms with E-state index in [0.29, 0.717) is 5.69 Å². The van der Waals surface area contributed by atoms with Crippen molar-refractivity contribution >= 4 is 11.6 Å². The van der Waals surface area contributed by atoms with Gasteiger partial charge in [0.15, 0.2) is 0 Å². The molecule has 0 radical (unpaired) electrons. The van der Waals surface area contributed by atoms with Gasteiger partial charge in [-0.1, -0.05) is 6.92 Å². The van der Waals surface area contributed by atoms with E-state index in [9.17, 15) is 4.79 Å². The summed E-state index contributed by atoms with van der Waals surface area (Å²) < 4.78 is 0. The number of anilines is 1. The normalized spacial score (nSPS) is 11.0. The maximum absolute atomic E-state index is 11.8. The molecule has 1 heterocycles. The van der Waals surface area contributed by atoms with Gasteiger partial charge < -0.3 is 10.6 Å². The average Bonchev–Trinajstić information content (AvgIpc) is 2.28. The van der Waals surface area contributed by atoms with Gasteiger partial charge in [0, 0.05) is 12.6 Å². The lowest BCUT2D eigenvalue weighted by atomic mass is 10.0. The van der Waals surface area contributed by atoms with E-state index < -0.39 is 0 Å². The first-order valence-corrected chi connectivity index (χ1v) is 5.45. The molecule has 0 bridgehead atoms. The summed E-state index contributed by atoms with van der Waals surface area (Å²) in [5.41, 5.74) is 1.15. The van der Waals surface area contributed by atoms with Crippen molar-refractivity contribution < 1.29 is 4.79 Å². The van der Waals surface area contributed by atoms with E-state index in [2.05, 4.69) is 15.6 Å². The number of carbonyl (C=O) groups is 1. The Hall–Kier alpha value is -1.58. The molecule has 1 aromatic heterocycles. The van der Waals surface area contributed by atoms with Crippen LogP contribution in [-0.2, 0) is 0 Å². The van der Waals surface area contributed by atoms with Crippen molar-refractivity contribution in [3.8, 4) is 0 Å². The number of carbonyl (C=O) groups excluding carboxylic acids is 1. The summed E-state index contributed by atoms with van der Waals surface area (Å²) >= 11 is 0. The molecule has 4 nitrogen and oxygen atoms in total. The fourth-order valence-electron chi connectivity index (χ4n) is 1.14. The standard InChI is InChI=1S/C12H19N3O/c1-5-12(2,3)15-11(16)10-7-6-9(13-4)8-14-10/h6-8,13H,5H2,1-4H3,(H,15,16). The first-order chi connectivity index (χ1) is 7.48. The van der Waals surface area contributed by atoms with E-state index in [-0.39, 0.29) is 11.4 Å². The second-order valence-electron chi connectivity index (χ2n) is 4.37. The van der Waals surface area contributed by atoms with Crippen LogP contribution >= 0.6 is 0 Å². The minimum absolute atomic E-state index is 0.130. The van der Waals surface area contributed by atoms with Crippen LogP contribution in [-0.4, -0.2) is 23.5 Å². The Morgan fingerprint density at radius 3 is 2.56 bits per heavy atom. The molecule has 0 aliphatic carbocycles. The Morgan fingerprint density at radius 1 is 1.44 bits per heavy atom. The molecule has 0 aliphatic rings. The van der Waals surface area contributed by atoms with Crippen molar-refractivity contribution in [1.29, 1.82) is 0 Å². The lowest BCUT2D eigenvalue weighted by molar-refractivity contribution is 0.0906. The molecule has 2 N–H and O–H groups in total. The molecular formula is C12H19N3O. The highest BCUT2D eigenvalue weighted by molar-refractivity contribution is 5.92. The maximum Gasteiger partial charge on any atom is 0.270 e. The van der Waals surface area contributed by atoms with Crippen LogP contribution in [0.3, 0.4) is 0 Å². The predicted octanol–water partition coefficient (Wildman–Crippen LogP) is 2.04. The van der Waals surface area contributed by atoms with Crippen molar-refractivity contribution in [3.63, 3.8) is 0 Å². The van der Waals surface area contributed by atoms with Crippen LogP contribution in [0.2, 0.25) is 0 Å². The van der Waals surface area contributed by atoms with Gasteiger partial charge in [-0.25, -0.2) is 4.98 Å². The summed E-state index contributed by atoms with van der Waals surface area (Å²) in [5, 5.41) is 5.90. The third kappa shape index (κ3) is 3.22. The molecule has 0 atom stereocenters. The first-order valence-electron chi connectivity index (χ1n) is 5.45. The third-order valence-corrected chi connectivity index (χ3v) is 2.62. The zero-order chi connectivity index (χ0) is 12.2. The smallest absolute Gasteiger partial charge is 0.270 e. The third-order valence-electron chi connectivity index (χ3n) is 2.62. The molecule has 1 aromatic rings. The van der Waals surface area contributed by atoms with Crippen LogP contribution in [0.5, 0.6) is 0 Å². The molecule has 0 saturated carbocycles. The highest BCUT2D eigenvalue weighted by Crippen LogP contribution is 2.09. The topological polar surface area (TPSA) is 54.0 Å². The molecule has 0 aromatic carbocycles. The van der Waals surface area contributed by atoms with Gasteiger partial charge in [-0.05, 0) is 32.4 Å². The van der Waals surface area contributed by atoms with Crippen molar-refractivity contribution in [2.24, 2.45) is 0 Å². The average molecular weight is 221 g/mol. The van der Waals surface area contributed by atoms with E-state index in [1.165, 1.54) is 0 Å². The molecule has 0 aliphatic heterocycles. The Labute approximate surface area is 96.5 Å². The van der Waals surface area contributed by atoms with Crippen molar-refractivity contribution in [2.75, 3.05) is 12.4 Å². The quantitative estimate of drug-likeness (QED) is 0.818. The van der Waals surface area contributed by atoms with Gasteiger partial charge in [0.1, 0.15) is 5.69 Å². The predicted molar refractivity (Wildman–Crippen MR) is 65.6 cm³/mol. The van der Waals surface area contributed by atoms with E-state index in [1.807, 2.05) is 33.9 Å². The minimum Gasteiger partial charge on any atom is -0.387 e. The summed E-state index contributed by atoms with van der Waals surface area (Å²) in [4.78, 5) is 15.9. The second kappa shape index (κ2) is 4.96. The molecule has 16 heavy (non-hydrogen) atoms. The van der Waals surface area contributed by atoms with Crippen molar-refractivity contribution in [3.05, 3.63) is 24.0 Å². The Balaban J connectivity index is 2.73. The lowest BCUT2D eigenvalue weighted by Crippen LogP contribution is -2.43. The van der Waals surface area contributed by atoms with Crippen LogP contribution in [0.25, 0.3) is 0 Å². The van der Waals surface area contributed by atoms with Crippen LogP contribution in [0.1, 0.15) is 37.7 Å². The molecule has 88 valence electrons.